The summed E-state index contributed by atoms with van der Waals surface area (Å²) in [5.74, 6) is -1.28. The molecule has 1 unspecified atom stereocenters. The van der Waals surface area contributed by atoms with Gasteiger partial charge < -0.3 is 10.2 Å². The minimum Gasteiger partial charge on any atom is -0.318 e. The highest BCUT2D eigenvalue weighted by Crippen LogP contribution is 2.23. The van der Waals surface area contributed by atoms with Crippen molar-refractivity contribution in [2.45, 2.75) is 19.9 Å². The SMILES string of the molecule is Cc1ccc(-n2c(C(C)N(C)C(=O)Nc3ccc(F)cc3F)nc3ccccc3c2=O)cc1. The van der Waals surface area contributed by atoms with E-state index in [1.807, 2.05) is 31.2 Å². The topological polar surface area (TPSA) is 67.2 Å². The molecule has 1 aromatic heterocycles. The summed E-state index contributed by atoms with van der Waals surface area (Å²) in [6.07, 6.45) is 0. The maximum atomic E-state index is 14.0. The molecule has 1 heterocycles. The Morgan fingerprint density at radius 3 is 2.45 bits per heavy atom. The van der Waals surface area contributed by atoms with Gasteiger partial charge in [0, 0.05) is 13.1 Å². The van der Waals surface area contributed by atoms with Crippen molar-refractivity contribution in [2.24, 2.45) is 0 Å². The maximum absolute atomic E-state index is 14.0. The van der Waals surface area contributed by atoms with E-state index in [2.05, 4.69) is 5.32 Å². The number of anilines is 1. The van der Waals surface area contributed by atoms with Gasteiger partial charge in [0.05, 0.1) is 28.3 Å². The monoisotopic (exact) mass is 448 g/mol. The summed E-state index contributed by atoms with van der Waals surface area (Å²) in [5.41, 5.74) is 1.75. The number of fused-ring (bicyclic) bond motifs is 1. The lowest BCUT2D eigenvalue weighted by molar-refractivity contribution is 0.205. The van der Waals surface area contributed by atoms with Crippen molar-refractivity contribution < 1.29 is 13.6 Å². The van der Waals surface area contributed by atoms with Crippen molar-refractivity contribution in [2.75, 3.05) is 12.4 Å². The number of hydrogen-bond donors (Lipinski definition) is 1. The Morgan fingerprint density at radius 2 is 1.76 bits per heavy atom. The number of carbonyl (C=O) groups is 1. The highest BCUT2D eigenvalue weighted by molar-refractivity contribution is 5.89. The number of rotatable bonds is 4. The first kappa shape index (κ1) is 22.1. The number of aromatic nitrogens is 2. The Morgan fingerprint density at radius 1 is 1.06 bits per heavy atom. The summed E-state index contributed by atoms with van der Waals surface area (Å²) in [4.78, 5) is 32.3. The normalized spacial score (nSPS) is 11.9. The van der Waals surface area contributed by atoms with Crippen LogP contribution in [-0.2, 0) is 0 Å². The molecule has 1 atom stereocenters. The van der Waals surface area contributed by atoms with Crippen molar-refractivity contribution in [3.05, 3.63) is 100 Å². The lowest BCUT2D eigenvalue weighted by atomic mass is 10.1. The molecule has 0 aliphatic heterocycles. The van der Waals surface area contributed by atoms with Gasteiger partial charge in [0.15, 0.2) is 0 Å². The molecule has 0 bridgehead atoms. The summed E-state index contributed by atoms with van der Waals surface area (Å²) >= 11 is 0. The fourth-order valence-electron chi connectivity index (χ4n) is 3.52. The molecule has 0 saturated heterocycles. The number of para-hydroxylation sites is 1. The van der Waals surface area contributed by atoms with Crippen molar-refractivity contribution in [1.29, 1.82) is 0 Å². The van der Waals surface area contributed by atoms with Gasteiger partial charge in [-0.05, 0) is 50.2 Å². The highest BCUT2D eigenvalue weighted by atomic mass is 19.1. The molecule has 33 heavy (non-hydrogen) atoms. The molecule has 0 spiro atoms. The van der Waals surface area contributed by atoms with Gasteiger partial charge in [-0.15, -0.1) is 0 Å². The smallest absolute Gasteiger partial charge is 0.318 e. The Kier molecular flexibility index (Phi) is 5.91. The van der Waals surface area contributed by atoms with Gasteiger partial charge in [0.1, 0.15) is 17.5 Å². The van der Waals surface area contributed by atoms with Crippen LogP contribution in [0.15, 0.2) is 71.5 Å². The molecule has 4 rings (SSSR count). The van der Waals surface area contributed by atoms with Crippen molar-refractivity contribution in [1.82, 2.24) is 14.5 Å². The molecule has 8 heteroatoms. The fourth-order valence-corrected chi connectivity index (χ4v) is 3.52. The number of amides is 2. The Hall–Kier alpha value is -4.07. The minimum absolute atomic E-state index is 0.150. The van der Waals surface area contributed by atoms with Crippen LogP contribution in [0.3, 0.4) is 0 Å². The predicted octanol–water partition coefficient (Wildman–Crippen LogP) is 5.20. The van der Waals surface area contributed by atoms with Crippen molar-refractivity contribution >= 4 is 22.6 Å². The first-order valence-electron chi connectivity index (χ1n) is 10.3. The highest BCUT2D eigenvalue weighted by Gasteiger charge is 2.25. The average Bonchev–Trinajstić information content (AvgIpc) is 2.80. The summed E-state index contributed by atoms with van der Waals surface area (Å²) < 4.78 is 28.7. The number of nitrogens with one attached hydrogen (secondary N) is 1. The van der Waals surface area contributed by atoms with E-state index in [4.69, 9.17) is 4.98 Å². The van der Waals surface area contributed by atoms with Crippen LogP contribution in [0.5, 0.6) is 0 Å². The molecule has 0 aliphatic carbocycles. The molecule has 0 fully saturated rings. The fraction of sp³-hybridized carbons (Fsp3) is 0.160. The lowest BCUT2D eigenvalue weighted by Crippen LogP contribution is -2.37. The Balaban J connectivity index is 1.77. The third kappa shape index (κ3) is 4.32. The Bertz CT molecular complexity index is 1400. The molecule has 0 aliphatic rings. The van der Waals surface area contributed by atoms with Crippen LogP contribution in [0, 0.1) is 18.6 Å². The standard InChI is InChI=1S/C25H22F2N4O2/c1-15-8-11-18(12-9-15)31-23(28-21-7-5-4-6-19(21)24(31)32)16(2)30(3)25(33)29-22-13-10-17(26)14-20(22)27/h4-14,16H,1-3H3,(H,29,33). The van der Waals surface area contributed by atoms with E-state index in [1.165, 1.54) is 16.5 Å². The van der Waals surface area contributed by atoms with Crippen LogP contribution in [0.1, 0.15) is 24.4 Å². The molecule has 1 N–H and O–H groups in total. The zero-order chi connectivity index (χ0) is 23.7. The van der Waals surface area contributed by atoms with Gasteiger partial charge in [0.2, 0.25) is 0 Å². The summed E-state index contributed by atoms with van der Waals surface area (Å²) in [5, 5.41) is 2.89. The Labute approximate surface area is 189 Å². The second-order valence-electron chi connectivity index (χ2n) is 7.80. The van der Waals surface area contributed by atoms with Gasteiger partial charge in [-0.2, -0.15) is 0 Å². The summed E-state index contributed by atoms with van der Waals surface area (Å²) in [6.45, 7) is 3.67. The zero-order valence-electron chi connectivity index (χ0n) is 18.3. The number of halogens is 2. The minimum atomic E-state index is -0.884. The van der Waals surface area contributed by atoms with Crippen LogP contribution in [0.25, 0.3) is 16.6 Å². The van der Waals surface area contributed by atoms with Gasteiger partial charge >= 0.3 is 6.03 Å². The number of urea groups is 1. The van der Waals surface area contributed by atoms with Crippen LogP contribution in [-0.4, -0.2) is 27.5 Å². The van der Waals surface area contributed by atoms with E-state index >= 15 is 0 Å². The van der Waals surface area contributed by atoms with Gasteiger partial charge in [0.25, 0.3) is 5.56 Å². The number of benzene rings is 3. The molecule has 2 amide bonds. The summed E-state index contributed by atoms with van der Waals surface area (Å²) in [7, 11) is 1.52. The predicted molar refractivity (Wildman–Crippen MR) is 124 cm³/mol. The van der Waals surface area contributed by atoms with E-state index in [0.717, 1.165) is 17.7 Å². The molecular formula is C25H22F2N4O2. The third-order valence-corrected chi connectivity index (χ3v) is 5.54. The average molecular weight is 448 g/mol. The van der Waals surface area contributed by atoms with Gasteiger partial charge in [-0.25, -0.2) is 18.6 Å². The van der Waals surface area contributed by atoms with Crippen LogP contribution in [0.4, 0.5) is 19.3 Å². The van der Waals surface area contributed by atoms with E-state index < -0.39 is 23.7 Å². The second kappa shape index (κ2) is 8.82. The first-order valence-corrected chi connectivity index (χ1v) is 10.3. The second-order valence-corrected chi connectivity index (χ2v) is 7.80. The van der Waals surface area contributed by atoms with E-state index in [-0.39, 0.29) is 11.2 Å². The number of carbonyl (C=O) groups excluding carboxylic acids is 1. The van der Waals surface area contributed by atoms with Crippen molar-refractivity contribution in [3.63, 3.8) is 0 Å². The molecule has 0 saturated carbocycles. The molecule has 3 aromatic carbocycles. The van der Waals surface area contributed by atoms with Crippen LogP contribution in [0.2, 0.25) is 0 Å². The molecule has 6 nitrogen and oxygen atoms in total. The van der Waals surface area contributed by atoms with Gasteiger partial charge in [-0.3, -0.25) is 9.36 Å². The largest absolute Gasteiger partial charge is 0.322 e. The van der Waals surface area contributed by atoms with E-state index in [1.54, 1.807) is 31.2 Å². The number of hydrogen-bond acceptors (Lipinski definition) is 3. The quantitative estimate of drug-likeness (QED) is 0.467. The van der Waals surface area contributed by atoms with Crippen molar-refractivity contribution in [3.8, 4) is 5.69 Å². The molecular weight excluding hydrogens is 426 g/mol. The number of aryl methyl sites for hydroxylation is 1. The molecule has 4 aromatic rings. The zero-order valence-corrected chi connectivity index (χ0v) is 18.3. The molecule has 168 valence electrons. The van der Waals surface area contributed by atoms with Gasteiger partial charge in [-0.1, -0.05) is 29.8 Å². The number of nitrogens with zero attached hydrogens (tertiary/aromatic N) is 3. The maximum Gasteiger partial charge on any atom is 0.322 e. The van der Waals surface area contributed by atoms with Crippen LogP contribution >= 0.6 is 0 Å². The first-order chi connectivity index (χ1) is 15.8. The van der Waals surface area contributed by atoms with E-state index in [0.29, 0.717) is 28.5 Å². The van der Waals surface area contributed by atoms with Crippen LogP contribution < -0.4 is 10.9 Å². The summed E-state index contributed by atoms with van der Waals surface area (Å²) in [6, 6.07) is 16.0. The van der Waals surface area contributed by atoms with E-state index in [9.17, 15) is 18.4 Å². The molecule has 0 radical (unpaired) electrons. The lowest BCUT2D eigenvalue weighted by Gasteiger charge is -2.27. The third-order valence-electron chi connectivity index (χ3n) is 5.54.